The Hall–Kier alpha value is -2.07. The average molecular weight is 286 g/mol. The number of ether oxygens (including phenoxy) is 1. The van der Waals surface area contributed by atoms with Crippen molar-refractivity contribution in [2.75, 3.05) is 19.1 Å². The molecule has 4 heteroatoms. The van der Waals surface area contributed by atoms with Crippen molar-refractivity contribution in [1.29, 1.82) is 0 Å². The van der Waals surface area contributed by atoms with Crippen LogP contribution in [0.4, 0.5) is 5.82 Å². The van der Waals surface area contributed by atoms with Gasteiger partial charge in [-0.3, -0.25) is 0 Å². The van der Waals surface area contributed by atoms with Gasteiger partial charge in [0.1, 0.15) is 11.6 Å². The SMILES string of the molecule is CCc1cc(CO)cc(N(C)Cc2cccc(OC)c2)n1. The van der Waals surface area contributed by atoms with Gasteiger partial charge in [0, 0.05) is 19.3 Å². The highest BCUT2D eigenvalue weighted by Gasteiger charge is 2.07. The van der Waals surface area contributed by atoms with Gasteiger partial charge in [0.15, 0.2) is 0 Å². The molecule has 0 bridgehead atoms. The van der Waals surface area contributed by atoms with E-state index in [0.717, 1.165) is 41.4 Å². The van der Waals surface area contributed by atoms with Crippen LogP contribution in [0.2, 0.25) is 0 Å². The molecule has 1 heterocycles. The van der Waals surface area contributed by atoms with E-state index in [2.05, 4.69) is 22.9 Å². The van der Waals surface area contributed by atoms with E-state index in [9.17, 15) is 5.11 Å². The number of hydrogen-bond donors (Lipinski definition) is 1. The predicted molar refractivity (Wildman–Crippen MR) is 84.6 cm³/mol. The number of aliphatic hydroxyl groups excluding tert-OH is 1. The average Bonchev–Trinajstić information content (AvgIpc) is 2.54. The third kappa shape index (κ3) is 3.95. The van der Waals surface area contributed by atoms with Gasteiger partial charge in [-0.05, 0) is 41.8 Å². The van der Waals surface area contributed by atoms with E-state index >= 15 is 0 Å². The van der Waals surface area contributed by atoms with E-state index in [1.165, 1.54) is 0 Å². The molecule has 0 atom stereocenters. The summed E-state index contributed by atoms with van der Waals surface area (Å²) < 4.78 is 5.25. The standard InChI is InChI=1S/C17H22N2O2/c1-4-15-8-14(12-20)10-17(18-15)19(2)11-13-6-5-7-16(9-13)21-3/h5-10,20H,4,11-12H2,1-3H3. The lowest BCUT2D eigenvalue weighted by atomic mass is 10.1. The Kier molecular flexibility index (Phi) is 5.17. The smallest absolute Gasteiger partial charge is 0.129 e. The lowest BCUT2D eigenvalue weighted by Crippen LogP contribution is -2.18. The maximum atomic E-state index is 9.36. The molecule has 1 aromatic carbocycles. The topological polar surface area (TPSA) is 45.6 Å². The lowest BCUT2D eigenvalue weighted by molar-refractivity contribution is 0.281. The molecule has 0 radical (unpaired) electrons. The van der Waals surface area contributed by atoms with Gasteiger partial charge in [-0.15, -0.1) is 0 Å². The fraction of sp³-hybridized carbons (Fsp3) is 0.353. The van der Waals surface area contributed by atoms with Crippen molar-refractivity contribution in [1.82, 2.24) is 4.98 Å². The molecular formula is C17H22N2O2. The predicted octanol–water partition coefficient (Wildman–Crippen LogP) is 2.78. The first-order valence-corrected chi connectivity index (χ1v) is 7.11. The Morgan fingerprint density at radius 2 is 2.00 bits per heavy atom. The van der Waals surface area contributed by atoms with Crippen molar-refractivity contribution in [3.05, 3.63) is 53.2 Å². The molecule has 2 aromatic rings. The summed E-state index contributed by atoms with van der Waals surface area (Å²) >= 11 is 0. The monoisotopic (exact) mass is 286 g/mol. The summed E-state index contributed by atoms with van der Waals surface area (Å²) in [5.41, 5.74) is 3.05. The Balaban J connectivity index is 2.20. The summed E-state index contributed by atoms with van der Waals surface area (Å²) in [6.45, 7) is 2.84. The van der Waals surface area contributed by atoms with E-state index in [1.54, 1.807) is 7.11 Å². The molecule has 2 rings (SSSR count). The molecule has 0 aliphatic carbocycles. The number of rotatable bonds is 6. The first kappa shape index (κ1) is 15.3. The molecule has 0 saturated carbocycles. The van der Waals surface area contributed by atoms with Crippen LogP contribution >= 0.6 is 0 Å². The largest absolute Gasteiger partial charge is 0.497 e. The van der Waals surface area contributed by atoms with Crippen LogP contribution in [-0.4, -0.2) is 24.2 Å². The molecule has 1 aromatic heterocycles. The van der Waals surface area contributed by atoms with E-state index < -0.39 is 0 Å². The van der Waals surface area contributed by atoms with Gasteiger partial charge in [0.2, 0.25) is 0 Å². The third-order valence-corrected chi connectivity index (χ3v) is 3.41. The minimum absolute atomic E-state index is 0.0372. The summed E-state index contributed by atoms with van der Waals surface area (Å²) in [6.07, 6.45) is 0.855. The van der Waals surface area contributed by atoms with Crippen molar-refractivity contribution in [3.8, 4) is 5.75 Å². The van der Waals surface area contributed by atoms with Crippen molar-refractivity contribution in [2.24, 2.45) is 0 Å². The zero-order chi connectivity index (χ0) is 15.2. The van der Waals surface area contributed by atoms with Gasteiger partial charge in [0.05, 0.1) is 13.7 Å². The van der Waals surface area contributed by atoms with Crippen LogP contribution < -0.4 is 9.64 Å². The highest BCUT2D eigenvalue weighted by Crippen LogP contribution is 2.19. The highest BCUT2D eigenvalue weighted by atomic mass is 16.5. The highest BCUT2D eigenvalue weighted by molar-refractivity contribution is 5.43. The van der Waals surface area contributed by atoms with Gasteiger partial charge in [-0.25, -0.2) is 4.98 Å². The van der Waals surface area contributed by atoms with Gasteiger partial charge in [-0.2, -0.15) is 0 Å². The third-order valence-electron chi connectivity index (χ3n) is 3.41. The van der Waals surface area contributed by atoms with Crippen LogP contribution in [0.5, 0.6) is 5.75 Å². The molecule has 0 aliphatic rings. The zero-order valence-corrected chi connectivity index (χ0v) is 12.8. The fourth-order valence-corrected chi connectivity index (χ4v) is 2.23. The first-order valence-electron chi connectivity index (χ1n) is 7.11. The molecule has 0 saturated heterocycles. The summed E-state index contributed by atoms with van der Waals surface area (Å²) in [5, 5.41) is 9.36. The van der Waals surface area contributed by atoms with Crippen LogP contribution in [0.3, 0.4) is 0 Å². The second-order valence-electron chi connectivity index (χ2n) is 5.04. The molecule has 0 unspecified atom stereocenters. The molecule has 0 fully saturated rings. The maximum absolute atomic E-state index is 9.36. The number of anilines is 1. The first-order chi connectivity index (χ1) is 10.2. The van der Waals surface area contributed by atoms with Gasteiger partial charge < -0.3 is 14.7 Å². The summed E-state index contributed by atoms with van der Waals surface area (Å²) in [5.74, 6) is 1.73. The van der Waals surface area contributed by atoms with E-state index in [1.807, 2.05) is 37.4 Å². The van der Waals surface area contributed by atoms with E-state index in [-0.39, 0.29) is 6.61 Å². The van der Waals surface area contributed by atoms with Gasteiger partial charge >= 0.3 is 0 Å². The second-order valence-corrected chi connectivity index (χ2v) is 5.04. The number of aliphatic hydroxyl groups is 1. The number of pyridine rings is 1. The number of aromatic nitrogens is 1. The summed E-state index contributed by atoms with van der Waals surface area (Å²) in [4.78, 5) is 6.70. The molecule has 4 nitrogen and oxygen atoms in total. The molecule has 0 spiro atoms. The van der Waals surface area contributed by atoms with Crippen molar-refractivity contribution >= 4 is 5.82 Å². The van der Waals surface area contributed by atoms with Crippen LogP contribution in [0, 0.1) is 0 Å². The minimum Gasteiger partial charge on any atom is -0.497 e. The van der Waals surface area contributed by atoms with E-state index in [0.29, 0.717) is 0 Å². The van der Waals surface area contributed by atoms with Crippen LogP contribution in [-0.2, 0) is 19.6 Å². The molecule has 1 N–H and O–H groups in total. The van der Waals surface area contributed by atoms with Crippen molar-refractivity contribution in [2.45, 2.75) is 26.5 Å². The number of hydrogen-bond acceptors (Lipinski definition) is 4. The Morgan fingerprint density at radius 3 is 2.67 bits per heavy atom. The van der Waals surface area contributed by atoms with Gasteiger partial charge in [0.25, 0.3) is 0 Å². The quantitative estimate of drug-likeness (QED) is 0.887. The second kappa shape index (κ2) is 7.09. The van der Waals surface area contributed by atoms with Crippen LogP contribution in [0.25, 0.3) is 0 Å². The minimum atomic E-state index is 0.0372. The Labute approximate surface area is 126 Å². The number of nitrogens with zero attached hydrogens (tertiary/aromatic N) is 2. The number of methoxy groups -OCH3 is 1. The molecule has 21 heavy (non-hydrogen) atoms. The van der Waals surface area contributed by atoms with Gasteiger partial charge in [-0.1, -0.05) is 19.1 Å². The molecular weight excluding hydrogens is 264 g/mol. The fourth-order valence-electron chi connectivity index (χ4n) is 2.23. The van der Waals surface area contributed by atoms with Crippen LogP contribution in [0.1, 0.15) is 23.7 Å². The number of benzene rings is 1. The van der Waals surface area contributed by atoms with Crippen LogP contribution in [0.15, 0.2) is 36.4 Å². The maximum Gasteiger partial charge on any atom is 0.129 e. The Morgan fingerprint density at radius 1 is 1.19 bits per heavy atom. The molecule has 0 amide bonds. The summed E-state index contributed by atoms with van der Waals surface area (Å²) in [6, 6.07) is 11.9. The Bertz CT molecular complexity index is 577. The molecule has 112 valence electrons. The number of aryl methyl sites for hydroxylation is 1. The lowest BCUT2D eigenvalue weighted by Gasteiger charge is -2.20. The summed E-state index contributed by atoms with van der Waals surface area (Å²) in [7, 11) is 3.67. The molecule has 0 aliphatic heterocycles. The van der Waals surface area contributed by atoms with E-state index in [4.69, 9.17) is 4.74 Å². The zero-order valence-electron chi connectivity index (χ0n) is 12.8. The van der Waals surface area contributed by atoms with Crippen molar-refractivity contribution in [3.63, 3.8) is 0 Å². The van der Waals surface area contributed by atoms with Crippen molar-refractivity contribution < 1.29 is 9.84 Å². The normalized spacial score (nSPS) is 10.5.